The van der Waals surface area contributed by atoms with E-state index in [0.717, 1.165) is 28.2 Å². The third-order valence-corrected chi connectivity index (χ3v) is 9.49. The first-order valence-corrected chi connectivity index (χ1v) is 14.8. The van der Waals surface area contributed by atoms with Gasteiger partial charge in [0.2, 0.25) is 16.8 Å². The Balaban J connectivity index is 1.49. The van der Waals surface area contributed by atoms with Gasteiger partial charge in [-0.2, -0.15) is 4.31 Å². The summed E-state index contributed by atoms with van der Waals surface area (Å²) < 4.78 is 52.1. The Morgan fingerprint density at radius 1 is 1.07 bits per heavy atom. The van der Waals surface area contributed by atoms with Crippen molar-refractivity contribution >= 4 is 10.0 Å². The van der Waals surface area contributed by atoms with Crippen molar-refractivity contribution in [3.63, 3.8) is 0 Å². The van der Waals surface area contributed by atoms with E-state index < -0.39 is 16.1 Å². The summed E-state index contributed by atoms with van der Waals surface area (Å²) in [5.74, 6) is 2.28. The summed E-state index contributed by atoms with van der Waals surface area (Å²) in [5, 5.41) is 9.93. The standard InChI is InChI=1S/C30H36N2O7S/c1-20-15-32(21(2)18-33)40(34,35)30-12-10-23(24-7-5-6-8-25(24)36-4)14-28(30)39-29(20)17-31(3)16-22-9-11-26-27(13-22)38-19-37-26/h5-14,20-21,29,33H,15-19H2,1-4H3/t20-,21-,29-/m0/s1. The molecular weight excluding hydrogens is 532 g/mol. The summed E-state index contributed by atoms with van der Waals surface area (Å²) in [6.07, 6.45) is -0.324. The maximum Gasteiger partial charge on any atom is 0.247 e. The van der Waals surface area contributed by atoms with Crippen molar-refractivity contribution in [2.75, 3.05) is 40.6 Å². The van der Waals surface area contributed by atoms with Gasteiger partial charge in [0.15, 0.2) is 11.5 Å². The highest BCUT2D eigenvalue weighted by atomic mass is 32.2. The monoisotopic (exact) mass is 568 g/mol. The van der Waals surface area contributed by atoms with Crippen molar-refractivity contribution in [1.82, 2.24) is 9.21 Å². The van der Waals surface area contributed by atoms with Crippen LogP contribution in [0.2, 0.25) is 0 Å². The van der Waals surface area contributed by atoms with Gasteiger partial charge in [0.25, 0.3) is 0 Å². The molecule has 0 aliphatic carbocycles. The van der Waals surface area contributed by atoms with E-state index in [4.69, 9.17) is 18.9 Å². The van der Waals surface area contributed by atoms with Crippen LogP contribution in [-0.4, -0.2) is 75.5 Å². The molecule has 0 fully saturated rings. The van der Waals surface area contributed by atoms with Crippen LogP contribution in [0.1, 0.15) is 19.4 Å². The first-order chi connectivity index (χ1) is 19.2. The van der Waals surface area contributed by atoms with Crippen LogP contribution in [0.5, 0.6) is 23.0 Å². The number of likely N-dealkylation sites (N-methyl/N-ethyl adjacent to an activating group) is 1. The van der Waals surface area contributed by atoms with Gasteiger partial charge in [-0.15, -0.1) is 0 Å². The molecule has 2 aliphatic rings. The normalized spacial score (nSPS) is 20.8. The van der Waals surface area contributed by atoms with E-state index in [2.05, 4.69) is 4.90 Å². The number of aliphatic hydroxyl groups is 1. The number of hydrogen-bond acceptors (Lipinski definition) is 8. The molecule has 40 heavy (non-hydrogen) atoms. The molecule has 0 saturated carbocycles. The van der Waals surface area contributed by atoms with Gasteiger partial charge < -0.3 is 24.1 Å². The number of nitrogens with zero attached hydrogens (tertiary/aromatic N) is 2. The highest BCUT2D eigenvalue weighted by Gasteiger charge is 2.38. The molecule has 0 saturated heterocycles. The Hall–Kier alpha value is -3.31. The fraction of sp³-hybridized carbons (Fsp3) is 0.400. The Morgan fingerprint density at radius 3 is 2.62 bits per heavy atom. The lowest BCUT2D eigenvalue weighted by atomic mass is 10.0. The molecule has 214 valence electrons. The minimum Gasteiger partial charge on any atom is -0.496 e. The molecule has 5 rings (SSSR count). The fourth-order valence-electron chi connectivity index (χ4n) is 5.22. The second-order valence-electron chi connectivity index (χ2n) is 10.5. The summed E-state index contributed by atoms with van der Waals surface area (Å²) in [6, 6.07) is 18.0. The van der Waals surface area contributed by atoms with Gasteiger partial charge in [-0.05, 0) is 55.4 Å². The number of benzene rings is 3. The SMILES string of the molecule is COc1ccccc1-c1ccc2c(c1)O[C@@H](CN(C)Cc1ccc3c(c1)OCO3)[C@@H](C)CN([C@@H](C)CO)S2(=O)=O. The summed E-state index contributed by atoms with van der Waals surface area (Å²) in [4.78, 5) is 2.24. The molecule has 0 aromatic heterocycles. The molecule has 2 aliphatic heterocycles. The van der Waals surface area contributed by atoms with E-state index in [1.807, 2.05) is 56.4 Å². The van der Waals surface area contributed by atoms with Crippen molar-refractivity contribution in [3.05, 3.63) is 66.2 Å². The first kappa shape index (κ1) is 28.2. The van der Waals surface area contributed by atoms with E-state index in [1.54, 1.807) is 32.2 Å². The number of para-hydroxylation sites is 1. The molecule has 0 bridgehead atoms. The Morgan fingerprint density at radius 2 is 1.85 bits per heavy atom. The Labute approximate surface area is 235 Å². The molecule has 3 aromatic carbocycles. The van der Waals surface area contributed by atoms with Gasteiger partial charge in [-0.25, -0.2) is 8.42 Å². The maximum absolute atomic E-state index is 13.8. The highest BCUT2D eigenvalue weighted by molar-refractivity contribution is 7.89. The van der Waals surface area contributed by atoms with E-state index in [1.165, 1.54) is 4.31 Å². The largest absolute Gasteiger partial charge is 0.496 e. The topological polar surface area (TPSA) is 97.8 Å². The zero-order valence-electron chi connectivity index (χ0n) is 23.2. The summed E-state index contributed by atoms with van der Waals surface area (Å²) in [5.41, 5.74) is 2.69. The predicted molar refractivity (Wildman–Crippen MR) is 151 cm³/mol. The summed E-state index contributed by atoms with van der Waals surface area (Å²) >= 11 is 0. The van der Waals surface area contributed by atoms with Crippen molar-refractivity contribution < 1.29 is 32.5 Å². The van der Waals surface area contributed by atoms with E-state index in [9.17, 15) is 13.5 Å². The van der Waals surface area contributed by atoms with Crippen LogP contribution in [0.4, 0.5) is 0 Å². The van der Waals surface area contributed by atoms with Gasteiger partial charge in [-0.1, -0.05) is 37.3 Å². The van der Waals surface area contributed by atoms with Crippen molar-refractivity contribution in [2.24, 2.45) is 5.92 Å². The fourth-order valence-corrected chi connectivity index (χ4v) is 7.04. The smallest absolute Gasteiger partial charge is 0.247 e. The minimum absolute atomic E-state index is 0.0850. The van der Waals surface area contributed by atoms with Crippen molar-refractivity contribution in [3.8, 4) is 34.1 Å². The lowest BCUT2D eigenvalue weighted by molar-refractivity contribution is 0.0734. The van der Waals surface area contributed by atoms with Crippen molar-refractivity contribution in [2.45, 2.75) is 37.4 Å². The summed E-state index contributed by atoms with van der Waals surface area (Å²) in [7, 11) is -0.313. The molecule has 0 radical (unpaired) electrons. The number of rotatable bonds is 8. The number of sulfonamides is 1. The average Bonchev–Trinajstić information content (AvgIpc) is 3.42. The molecule has 1 N–H and O–H groups in total. The van der Waals surface area contributed by atoms with Crippen LogP contribution in [0.15, 0.2) is 65.6 Å². The highest BCUT2D eigenvalue weighted by Crippen LogP contribution is 2.39. The van der Waals surface area contributed by atoms with Crippen LogP contribution in [-0.2, 0) is 16.6 Å². The molecule has 10 heteroatoms. The van der Waals surface area contributed by atoms with Crippen LogP contribution < -0.4 is 18.9 Å². The molecule has 3 aromatic rings. The Kier molecular flexibility index (Phi) is 8.23. The molecule has 3 atom stereocenters. The molecular formula is C30H36N2O7S. The number of hydrogen-bond donors (Lipinski definition) is 1. The van der Waals surface area contributed by atoms with Gasteiger partial charge in [0.1, 0.15) is 22.5 Å². The molecule has 9 nitrogen and oxygen atoms in total. The number of fused-ring (bicyclic) bond motifs is 2. The third-order valence-electron chi connectivity index (χ3n) is 7.47. The molecule has 0 unspecified atom stereocenters. The predicted octanol–water partition coefficient (Wildman–Crippen LogP) is 3.99. The van der Waals surface area contributed by atoms with Crippen LogP contribution in [0, 0.1) is 5.92 Å². The zero-order valence-corrected chi connectivity index (χ0v) is 24.1. The van der Waals surface area contributed by atoms with Gasteiger partial charge in [0.05, 0.1) is 13.7 Å². The van der Waals surface area contributed by atoms with E-state index >= 15 is 0 Å². The van der Waals surface area contributed by atoms with Gasteiger partial charge in [0, 0.05) is 37.2 Å². The van der Waals surface area contributed by atoms with E-state index in [0.29, 0.717) is 18.8 Å². The number of aliphatic hydroxyl groups excluding tert-OH is 1. The van der Waals surface area contributed by atoms with E-state index in [-0.39, 0.29) is 42.6 Å². The molecule has 0 spiro atoms. The van der Waals surface area contributed by atoms with Crippen LogP contribution in [0.3, 0.4) is 0 Å². The first-order valence-electron chi connectivity index (χ1n) is 13.3. The minimum atomic E-state index is -3.93. The molecule has 0 amide bonds. The maximum atomic E-state index is 13.8. The quantitative estimate of drug-likeness (QED) is 0.436. The lowest BCUT2D eigenvalue weighted by Gasteiger charge is -2.37. The van der Waals surface area contributed by atoms with Gasteiger partial charge >= 0.3 is 0 Å². The zero-order chi connectivity index (χ0) is 28.4. The van der Waals surface area contributed by atoms with Crippen molar-refractivity contribution in [1.29, 1.82) is 0 Å². The number of ether oxygens (including phenoxy) is 4. The van der Waals surface area contributed by atoms with Crippen LogP contribution >= 0.6 is 0 Å². The van der Waals surface area contributed by atoms with Crippen LogP contribution in [0.25, 0.3) is 11.1 Å². The molecule has 2 heterocycles. The second-order valence-corrected chi connectivity index (χ2v) is 12.3. The van der Waals surface area contributed by atoms with Gasteiger partial charge in [-0.3, -0.25) is 4.90 Å². The number of methoxy groups -OCH3 is 1. The third kappa shape index (κ3) is 5.62. The second kappa shape index (κ2) is 11.7. The average molecular weight is 569 g/mol. The summed E-state index contributed by atoms with van der Waals surface area (Å²) in [6.45, 7) is 5.07. The lowest BCUT2D eigenvalue weighted by Crippen LogP contribution is -2.49. The Bertz CT molecular complexity index is 1460.